The van der Waals surface area contributed by atoms with Crippen molar-refractivity contribution in [2.75, 3.05) is 7.11 Å². The monoisotopic (exact) mass is 251 g/mol. The van der Waals surface area contributed by atoms with Crippen molar-refractivity contribution in [2.45, 2.75) is 0 Å². The zero-order chi connectivity index (χ0) is 11.5. The number of thiocarbonyl (C=S) groups is 1. The van der Waals surface area contributed by atoms with Crippen molar-refractivity contribution in [1.29, 1.82) is 0 Å². The fourth-order valence-electron chi connectivity index (χ4n) is 1.29. The van der Waals surface area contributed by atoms with Gasteiger partial charge >= 0.3 is 0 Å². The van der Waals surface area contributed by atoms with E-state index in [9.17, 15) is 4.79 Å². The molecule has 1 heterocycles. The lowest BCUT2D eigenvalue weighted by molar-refractivity contribution is -0.107. The second-order valence-electron chi connectivity index (χ2n) is 3.13. The number of thioether (sulfide) groups is 1. The average molecular weight is 251 g/mol. The van der Waals surface area contributed by atoms with Gasteiger partial charge in [0.05, 0.1) is 12.8 Å². The molecule has 1 N–H and O–H groups in total. The number of hydrogen-bond donors (Lipinski definition) is 1. The summed E-state index contributed by atoms with van der Waals surface area (Å²) in [5.74, 6) is 0.790. The van der Waals surface area contributed by atoms with Gasteiger partial charge in [0.25, 0.3) is 0 Å². The molecule has 16 heavy (non-hydrogen) atoms. The van der Waals surface area contributed by atoms with E-state index in [1.54, 1.807) is 13.2 Å². The van der Waals surface area contributed by atoms with Gasteiger partial charge in [0.15, 0.2) is 0 Å². The predicted molar refractivity (Wildman–Crippen MR) is 69.3 cm³/mol. The van der Waals surface area contributed by atoms with Crippen molar-refractivity contribution in [3.05, 3.63) is 35.5 Å². The van der Waals surface area contributed by atoms with E-state index in [-0.39, 0.29) is 5.12 Å². The Hall–Kier alpha value is -1.33. The molecule has 0 radical (unpaired) electrons. The van der Waals surface area contributed by atoms with E-state index < -0.39 is 0 Å². The number of carbonyl (C=O) groups excluding carboxylic acids is 1. The molecule has 1 aliphatic rings. The molecule has 1 fully saturated rings. The molecule has 82 valence electrons. The Morgan fingerprint density at radius 2 is 2.06 bits per heavy atom. The van der Waals surface area contributed by atoms with Gasteiger partial charge in [-0.05, 0) is 35.5 Å². The number of nitrogens with one attached hydrogen (secondary N) is 1. The lowest BCUT2D eigenvalue weighted by Gasteiger charge is -2.00. The maximum Gasteiger partial charge on any atom is 0.242 e. The van der Waals surface area contributed by atoms with Gasteiger partial charge in [0.1, 0.15) is 10.1 Å². The van der Waals surface area contributed by atoms with E-state index in [1.807, 2.05) is 24.3 Å². The van der Waals surface area contributed by atoms with Crippen molar-refractivity contribution >= 4 is 39.5 Å². The van der Waals surface area contributed by atoms with Crippen molar-refractivity contribution in [2.24, 2.45) is 0 Å². The van der Waals surface area contributed by atoms with Crippen molar-refractivity contribution in [3.8, 4) is 5.75 Å². The van der Waals surface area contributed by atoms with Crippen LogP contribution in [-0.4, -0.2) is 16.5 Å². The summed E-state index contributed by atoms with van der Waals surface area (Å²) >= 11 is 5.94. The van der Waals surface area contributed by atoms with Gasteiger partial charge in [-0.2, -0.15) is 0 Å². The zero-order valence-electron chi connectivity index (χ0n) is 8.52. The second-order valence-corrected chi connectivity index (χ2v) is 4.78. The molecule has 3 nitrogen and oxygen atoms in total. The molecule has 2 rings (SSSR count). The molecule has 1 aromatic carbocycles. The lowest BCUT2D eigenvalue weighted by Crippen LogP contribution is -2.09. The fraction of sp³-hybridized carbons (Fsp3) is 0.0909. The third kappa shape index (κ3) is 2.43. The molecular weight excluding hydrogens is 242 g/mol. The summed E-state index contributed by atoms with van der Waals surface area (Å²) < 4.78 is 5.55. The molecule has 1 aliphatic heterocycles. The number of ether oxygens (including phenoxy) is 1. The van der Waals surface area contributed by atoms with Crippen LogP contribution in [0.3, 0.4) is 0 Å². The molecule has 0 atom stereocenters. The summed E-state index contributed by atoms with van der Waals surface area (Å²) in [7, 11) is 1.62. The first kappa shape index (κ1) is 11.2. The minimum Gasteiger partial charge on any atom is -0.497 e. The van der Waals surface area contributed by atoms with E-state index in [1.165, 1.54) is 0 Å². The maximum atomic E-state index is 11.4. The summed E-state index contributed by atoms with van der Waals surface area (Å²) in [4.78, 5) is 11.4. The normalized spacial score (nSPS) is 17.7. The molecule has 0 amide bonds. The van der Waals surface area contributed by atoms with E-state index in [2.05, 4.69) is 5.32 Å². The minimum absolute atomic E-state index is 0.0409. The fourth-order valence-corrected chi connectivity index (χ4v) is 2.17. The Kier molecular flexibility index (Phi) is 3.26. The Morgan fingerprint density at radius 1 is 1.38 bits per heavy atom. The van der Waals surface area contributed by atoms with Gasteiger partial charge < -0.3 is 10.1 Å². The quantitative estimate of drug-likeness (QED) is 0.644. The summed E-state index contributed by atoms with van der Waals surface area (Å²) in [6.45, 7) is 0. The molecular formula is C11H9NO2S2. The highest BCUT2D eigenvalue weighted by atomic mass is 32.2. The number of hydrogen-bond acceptors (Lipinski definition) is 4. The van der Waals surface area contributed by atoms with E-state index in [0.29, 0.717) is 10.0 Å². The van der Waals surface area contributed by atoms with Crippen LogP contribution >= 0.6 is 24.0 Å². The molecule has 0 aliphatic carbocycles. The van der Waals surface area contributed by atoms with Crippen molar-refractivity contribution < 1.29 is 9.53 Å². The summed E-state index contributed by atoms with van der Waals surface area (Å²) in [5.41, 5.74) is 1.46. The smallest absolute Gasteiger partial charge is 0.242 e. The molecule has 0 unspecified atom stereocenters. The van der Waals surface area contributed by atoms with Crippen LogP contribution in [0.2, 0.25) is 0 Å². The molecule has 0 bridgehead atoms. The number of benzene rings is 1. The predicted octanol–water partition coefficient (Wildman–Crippen LogP) is 2.18. The zero-order valence-corrected chi connectivity index (χ0v) is 10.2. The Bertz CT molecular complexity index is 465. The Balaban J connectivity index is 2.22. The van der Waals surface area contributed by atoms with Gasteiger partial charge in [0.2, 0.25) is 5.12 Å². The van der Waals surface area contributed by atoms with Gasteiger partial charge in [-0.1, -0.05) is 24.4 Å². The molecule has 5 heteroatoms. The molecule has 0 spiro atoms. The van der Waals surface area contributed by atoms with Crippen LogP contribution in [0.1, 0.15) is 5.56 Å². The van der Waals surface area contributed by atoms with Gasteiger partial charge in [-0.25, -0.2) is 0 Å². The summed E-state index contributed by atoms with van der Waals surface area (Å²) in [5, 5.41) is 2.81. The maximum absolute atomic E-state index is 11.4. The number of rotatable bonds is 2. The van der Waals surface area contributed by atoms with Crippen LogP contribution in [0.5, 0.6) is 5.75 Å². The third-order valence-corrected chi connectivity index (χ3v) is 3.11. The molecule has 0 saturated carbocycles. The topological polar surface area (TPSA) is 38.3 Å². The standard InChI is InChI=1S/C11H9NO2S2/c1-14-8-4-2-7(3-5-8)6-9-10(13)16-11(15)12-9/h2-6H,1H3,(H,12,15). The van der Waals surface area contributed by atoms with Gasteiger partial charge in [0, 0.05) is 0 Å². The summed E-state index contributed by atoms with van der Waals surface area (Å²) in [6.07, 6.45) is 1.77. The van der Waals surface area contributed by atoms with E-state index in [4.69, 9.17) is 17.0 Å². The van der Waals surface area contributed by atoms with Gasteiger partial charge in [-0.15, -0.1) is 0 Å². The Labute approximate surface area is 103 Å². The average Bonchev–Trinajstić information content (AvgIpc) is 2.59. The van der Waals surface area contributed by atoms with E-state index in [0.717, 1.165) is 23.1 Å². The van der Waals surface area contributed by atoms with Crippen LogP contribution in [0.15, 0.2) is 30.0 Å². The lowest BCUT2D eigenvalue weighted by atomic mass is 10.2. The largest absolute Gasteiger partial charge is 0.497 e. The van der Waals surface area contributed by atoms with Crippen LogP contribution in [0.25, 0.3) is 6.08 Å². The second kappa shape index (κ2) is 4.67. The summed E-state index contributed by atoms with van der Waals surface area (Å²) in [6, 6.07) is 7.45. The molecule has 0 aromatic heterocycles. The highest BCUT2D eigenvalue weighted by Gasteiger charge is 2.21. The minimum atomic E-state index is -0.0409. The highest BCUT2D eigenvalue weighted by Crippen LogP contribution is 2.21. The third-order valence-electron chi connectivity index (χ3n) is 2.07. The van der Waals surface area contributed by atoms with Crippen LogP contribution < -0.4 is 10.1 Å². The van der Waals surface area contributed by atoms with Crippen LogP contribution in [0.4, 0.5) is 0 Å². The van der Waals surface area contributed by atoms with Crippen LogP contribution in [-0.2, 0) is 4.79 Å². The van der Waals surface area contributed by atoms with Crippen molar-refractivity contribution in [3.63, 3.8) is 0 Å². The SMILES string of the molecule is COc1ccc(C=C2NC(=S)SC2=O)cc1. The first-order chi connectivity index (χ1) is 7.69. The highest BCUT2D eigenvalue weighted by molar-refractivity contribution is 8.33. The van der Waals surface area contributed by atoms with E-state index >= 15 is 0 Å². The number of methoxy groups -OCH3 is 1. The van der Waals surface area contributed by atoms with Crippen LogP contribution in [0, 0.1) is 0 Å². The number of carbonyl (C=O) groups is 1. The first-order valence-electron chi connectivity index (χ1n) is 4.58. The molecule has 1 aromatic rings. The Morgan fingerprint density at radius 3 is 2.56 bits per heavy atom. The van der Waals surface area contributed by atoms with Gasteiger partial charge in [-0.3, -0.25) is 4.79 Å². The van der Waals surface area contributed by atoms with Crippen molar-refractivity contribution in [1.82, 2.24) is 5.32 Å². The molecule has 1 saturated heterocycles. The first-order valence-corrected chi connectivity index (χ1v) is 5.80.